The third-order valence-corrected chi connectivity index (χ3v) is 10.0. The number of benzene rings is 7. The van der Waals surface area contributed by atoms with E-state index >= 15 is 0 Å². The molecule has 55 heavy (non-hydrogen) atoms. The van der Waals surface area contributed by atoms with E-state index in [9.17, 15) is 5.11 Å². The summed E-state index contributed by atoms with van der Waals surface area (Å²) in [5, 5.41) is 11.4. The van der Waals surface area contributed by atoms with Crippen molar-refractivity contribution in [3.05, 3.63) is 194 Å². The molecule has 0 amide bonds. The lowest BCUT2D eigenvalue weighted by atomic mass is 9.93. The van der Waals surface area contributed by atoms with E-state index in [1.165, 1.54) is 0 Å². The summed E-state index contributed by atoms with van der Waals surface area (Å²) in [6.45, 7) is -5.58. The Kier molecular flexibility index (Phi) is 7.22. The Morgan fingerprint density at radius 3 is 1.87 bits per heavy atom. The Labute approximate surface area is 330 Å². The van der Waals surface area contributed by atoms with Crippen LogP contribution in [-0.2, 0) is 0 Å². The molecule has 0 aliphatic rings. The van der Waals surface area contributed by atoms with Gasteiger partial charge in [0, 0.05) is 31.1 Å². The maximum Gasteiger partial charge on any atom is 0.149 e. The van der Waals surface area contributed by atoms with Crippen LogP contribution < -0.4 is 0 Å². The number of pyridine rings is 1. The van der Waals surface area contributed by atoms with Gasteiger partial charge in [0.15, 0.2) is 0 Å². The molecule has 0 saturated carbocycles. The van der Waals surface area contributed by atoms with Crippen molar-refractivity contribution in [2.45, 2.75) is 19.6 Å². The minimum absolute atomic E-state index is 0.0288. The standard InChI is InChI=1S/C51H39N3O/c1-34(2)38-25-26-47(45(32-38)37-19-10-5-11-20-37)54-48-23-14-22-43(50(48)53-51(54)44-21-12-13-24-49(44)55)41-29-40(36-17-8-4-9-18-36)30-42(31-41)46-33-39(27-28-52-46)35-15-6-3-7-16-35/h3-34,55H,1-2H3/i1D3,2D3. The number of phenolic OH excluding ortho intramolecular Hbond substituents is 1. The molecule has 2 aromatic heterocycles. The fourth-order valence-corrected chi connectivity index (χ4v) is 7.32. The van der Waals surface area contributed by atoms with Gasteiger partial charge in [-0.2, -0.15) is 0 Å². The van der Waals surface area contributed by atoms with Crippen LogP contribution in [0.4, 0.5) is 0 Å². The molecule has 0 atom stereocenters. The van der Waals surface area contributed by atoms with E-state index < -0.39 is 19.6 Å². The smallest absolute Gasteiger partial charge is 0.149 e. The quantitative estimate of drug-likeness (QED) is 0.170. The fraction of sp³-hybridized carbons (Fsp3) is 0.0588. The van der Waals surface area contributed by atoms with Crippen molar-refractivity contribution in [2.24, 2.45) is 0 Å². The molecule has 1 N–H and O–H groups in total. The van der Waals surface area contributed by atoms with Crippen molar-refractivity contribution in [1.82, 2.24) is 14.5 Å². The first-order chi connectivity index (χ1) is 29.4. The third kappa shape index (κ3) is 6.49. The second-order valence-corrected chi connectivity index (χ2v) is 13.5. The summed E-state index contributed by atoms with van der Waals surface area (Å²) in [5.41, 5.74) is 11.7. The Hall–Kier alpha value is -7.04. The van der Waals surface area contributed by atoms with Crippen LogP contribution in [0, 0.1) is 0 Å². The van der Waals surface area contributed by atoms with E-state index in [4.69, 9.17) is 18.2 Å². The lowest BCUT2D eigenvalue weighted by Crippen LogP contribution is -2.02. The van der Waals surface area contributed by atoms with Gasteiger partial charge in [0.05, 0.1) is 28.0 Å². The van der Waals surface area contributed by atoms with Gasteiger partial charge in [0.2, 0.25) is 0 Å². The van der Waals surface area contributed by atoms with E-state index in [1.54, 1.807) is 30.3 Å². The van der Waals surface area contributed by atoms with Gasteiger partial charge in [-0.1, -0.05) is 135 Å². The number of hydrogen-bond acceptors (Lipinski definition) is 3. The lowest BCUT2D eigenvalue weighted by Gasteiger charge is -2.18. The van der Waals surface area contributed by atoms with Crippen LogP contribution in [0.15, 0.2) is 188 Å². The zero-order valence-electron chi connectivity index (χ0n) is 35.8. The summed E-state index contributed by atoms with van der Waals surface area (Å²) >= 11 is 0. The van der Waals surface area contributed by atoms with Crippen LogP contribution in [0.25, 0.3) is 83.9 Å². The molecule has 4 heteroatoms. The lowest BCUT2D eigenvalue weighted by molar-refractivity contribution is 0.477. The molecule has 0 fully saturated rings. The molecule has 0 aliphatic heterocycles. The van der Waals surface area contributed by atoms with E-state index in [0.29, 0.717) is 28.2 Å². The predicted molar refractivity (Wildman–Crippen MR) is 227 cm³/mol. The minimum Gasteiger partial charge on any atom is -0.507 e. The monoisotopic (exact) mass is 715 g/mol. The maximum atomic E-state index is 11.4. The third-order valence-electron chi connectivity index (χ3n) is 10.0. The molecule has 9 aromatic rings. The summed E-state index contributed by atoms with van der Waals surface area (Å²) in [7, 11) is 0. The van der Waals surface area contributed by atoms with Crippen LogP contribution >= 0.6 is 0 Å². The van der Waals surface area contributed by atoms with Crippen molar-refractivity contribution in [1.29, 1.82) is 0 Å². The topological polar surface area (TPSA) is 50.9 Å². The van der Waals surface area contributed by atoms with Crippen LogP contribution in [0.2, 0.25) is 0 Å². The summed E-state index contributed by atoms with van der Waals surface area (Å²) in [4.78, 5) is 10.2. The van der Waals surface area contributed by atoms with Crippen LogP contribution in [-0.4, -0.2) is 19.6 Å². The fourth-order valence-electron chi connectivity index (χ4n) is 7.32. The number of para-hydroxylation sites is 2. The number of aromatic nitrogens is 3. The van der Waals surface area contributed by atoms with E-state index in [0.717, 1.165) is 55.7 Å². The summed E-state index contributed by atoms with van der Waals surface area (Å²) in [6.07, 6.45) is 1.83. The summed E-state index contributed by atoms with van der Waals surface area (Å²) in [5.74, 6) is -1.24. The first-order valence-corrected chi connectivity index (χ1v) is 18.2. The van der Waals surface area contributed by atoms with Gasteiger partial charge < -0.3 is 5.11 Å². The van der Waals surface area contributed by atoms with Crippen LogP contribution in [0.1, 0.15) is 33.4 Å². The largest absolute Gasteiger partial charge is 0.507 e. The number of rotatable bonds is 8. The van der Waals surface area contributed by atoms with Gasteiger partial charge in [-0.25, -0.2) is 4.98 Å². The summed E-state index contributed by atoms with van der Waals surface area (Å²) in [6, 6.07) is 58.4. The van der Waals surface area contributed by atoms with Crippen LogP contribution in [0.3, 0.4) is 0 Å². The van der Waals surface area contributed by atoms with E-state index in [1.807, 2.05) is 114 Å². The van der Waals surface area contributed by atoms with Crippen molar-refractivity contribution >= 4 is 11.0 Å². The molecular formula is C51H39N3O. The number of fused-ring (bicyclic) bond motifs is 1. The molecule has 0 radical (unpaired) electrons. The second kappa shape index (κ2) is 14.4. The average Bonchev–Trinajstić information content (AvgIpc) is 3.66. The number of phenols is 1. The zero-order chi connectivity index (χ0) is 42.3. The molecule has 7 aromatic carbocycles. The van der Waals surface area contributed by atoms with Crippen molar-refractivity contribution < 1.29 is 13.3 Å². The minimum atomic E-state index is -2.79. The van der Waals surface area contributed by atoms with Crippen molar-refractivity contribution in [2.75, 3.05) is 0 Å². The van der Waals surface area contributed by atoms with Gasteiger partial charge in [0.1, 0.15) is 11.6 Å². The Morgan fingerprint density at radius 1 is 0.509 bits per heavy atom. The molecule has 9 rings (SSSR count). The first kappa shape index (κ1) is 27.5. The number of nitrogens with zero attached hydrogens (tertiary/aromatic N) is 3. The van der Waals surface area contributed by atoms with Gasteiger partial charge >= 0.3 is 0 Å². The van der Waals surface area contributed by atoms with Gasteiger partial charge in [-0.15, -0.1) is 0 Å². The zero-order valence-corrected chi connectivity index (χ0v) is 29.8. The molecule has 2 heterocycles. The highest BCUT2D eigenvalue weighted by Gasteiger charge is 2.23. The van der Waals surface area contributed by atoms with Crippen molar-refractivity contribution in [3.8, 4) is 78.6 Å². The molecule has 0 spiro atoms. The molecule has 0 unspecified atom stereocenters. The average molecular weight is 716 g/mol. The highest BCUT2D eigenvalue weighted by molar-refractivity contribution is 5.98. The second-order valence-electron chi connectivity index (χ2n) is 13.5. The Morgan fingerprint density at radius 2 is 1.15 bits per heavy atom. The van der Waals surface area contributed by atoms with E-state index in [-0.39, 0.29) is 11.3 Å². The molecule has 0 bridgehead atoms. The normalized spacial score (nSPS) is 13.4. The number of aromatic hydroxyl groups is 1. The molecule has 4 nitrogen and oxygen atoms in total. The molecule has 0 aliphatic carbocycles. The maximum absolute atomic E-state index is 11.4. The number of imidazole rings is 1. The predicted octanol–water partition coefficient (Wildman–Crippen LogP) is 13.3. The Balaban J connectivity index is 1.31. The molecule has 0 saturated heterocycles. The number of hydrogen-bond donors (Lipinski definition) is 1. The first-order valence-electron chi connectivity index (χ1n) is 21.2. The SMILES string of the molecule is [2H]C([2H])([2H])C(c1ccc(-n2c(-c3ccccc3O)nc3c(-c4cc(-c5ccccc5)cc(-c5cc(-c6ccccc6)ccn5)c4)cccc32)c(-c2ccccc2)c1)C([2H])([2H])[2H]. The van der Waals surface area contributed by atoms with E-state index in [2.05, 4.69) is 48.5 Å². The molecule has 264 valence electrons. The van der Waals surface area contributed by atoms with Crippen molar-refractivity contribution in [3.63, 3.8) is 0 Å². The van der Waals surface area contributed by atoms with Gasteiger partial charge in [-0.05, 0) is 106 Å². The molecular weight excluding hydrogens is 671 g/mol. The highest BCUT2D eigenvalue weighted by Crippen LogP contribution is 2.42. The Bertz CT molecular complexity index is 3000. The summed E-state index contributed by atoms with van der Waals surface area (Å²) < 4.78 is 51.5. The van der Waals surface area contributed by atoms with Gasteiger partial charge in [0.25, 0.3) is 0 Å². The highest BCUT2D eigenvalue weighted by atomic mass is 16.3. The van der Waals surface area contributed by atoms with Crippen LogP contribution in [0.5, 0.6) is 5.75 Å². The van der Waals surface area contributed by atoms with Gasteiger partial charge in [-0.3, -0.25) is 9.55 Å².